The van der Waals surface area contributed by atoms with Crippen LogP contribution in [0.1, 0.15) is 10.4 Å². The highest BCUT2D eigenvalue weighted by atomic mass is 32.2. The first-order valence-corrected chi connectivity index (χ1v) is 7.21. The molecular weight excluding hydrogens is 278 g/mol. The largest absolute Gasteiger partial charge is 0.366 e. The summed E-state index contributed by atoms with van der Waals surface area (Å²) in [6.07, 6.45) is 0. The first kappa shape index (κ1) is 14.0. The highest BCUT2D eigenvalue weighted by Gasteiger charge is 2.06. The Bertz CT molecular complexity index is 722. The first-order valence-electron chi connectivity index (χ1n) is 5.66. The van der Waals surface area contributed by atoms with Gasteiger partial charge in [-0.15, -0.1) is 0 Å². The standard InChI is InChI=1S/C13H13N3O3S/c14-13(17)9-1-3-10(4-2-9)16-11-5-7-12(8-6-11)20(15,18)19/h1-8,16H,(H2,14,17)(H2,15,18,19). The number of hydrogen-bond donors (Lipinski definition) is 3. The molecule has 6 nitrogen and oxygen atoms in total. The van der Waals surface area contributed by atoms with Crippen molar-refractivity contribution >= 4 is 27.3 Å². The number of amides is 1. The van der Waals surface area contributed by atoms with Gasteiger partial charge in [0.05, 0.1) is 4.90 Å². The molecule has 2 aromatic carbocycles. The van der Waals surface area contributed by atoms with E-state index in [0.29, 0.717) is 11.3 Å². The highest BCUT2D eigenvalue weighted by Crippen LogP contribution is 2.18. The summed E-state index contributed by atoms with van der Waals surface area (Å²) in [5, 5.41) is 8.07. The summed E-state index contributed by atoms with van der Waals surface area (Å²) in [4.78, 5) is 11.0. The molecule has 7 heteroatoms. The van der Waals surface area contributed by atoms with Gasteiger partial charge in [0, 0.05) is 16.9 Å². The molecule has 0 atom stereocenters. The van der Waals surface area contributed by atoms with Crippen molar-refractivity contribution in [1.29, 1.82) is 0 Å². The lowest BCUT2D eigenvalue weighted by Crippen LogP contribution is -2.11. The van der Waals surface area contributed by atoms with Gasteiger partial charge in [-0.2, -0.15) is 0 Å². The lowest BCUT2D eigenvalue weighted by Gasteiger charge is -2.07. The average molecular weight is 291 g/mol. The molecule has 0 aromatic heterocycles. The first-order chi connectivity index (χ1) is 9.36. The quantitative estimate of drug-likeness (QED) is 0.784. The van der Waals surface area contributed by atoms with Gasteiger partial charge in [-0.3, -0.25) is 4.79 Å². The number of anilines is 2. The van der Waals surface area contributed by atoms with Crippen LogP contribution in [-0.4, -0.2) is 14.3 Å². The molecule has 0 aliphatic carbocycles. The Morgan fingerprint density at radius 3 is 1.75 bits per heavy atom. The van der Waals surface area contributed by atoms with E-state index in [9.17, 15) is 13.2 Å². The molecule has 0 spiro atoms. The maximum Gasteiger partial charge on any atom is 0.248 e. The second kappa shape index (κ2) is 5.32. The topological polar surface area (TPSA) is 115 Å². The zero-order valence-corrected chi connectivity index (χ0v) is 11.2. The number of rotatable bonds is 4. The van der Waals surface area contributed by atoms with Crippen molar-refractivity contribution in [3.05, 3.63) is 54.1 Å². The van der Waals surface area contributed by atoms with E-state index in [1.54, 1.807) is 36.4 Å². The van der Waals surface area contributed by atoms with Crippen LogP contribution in [0.15, 0.2) is 53.4 Å². The van der Waals surface area contributed by atoms with Crippen LogP contribution in [-0.2, 0) is 10.0 Å². The van der Waals surface area contributed by atoms with Crippen molar-refractivity contribution in [2.45, 2.75) is 4.90 Å². The zero-order chi connectivity index (χ0) is 14.8. The highest BCUT2D eigenvalue weighted by molar-refractivity contribution is 7.89. The van der Waals surface area contributed by atoms with Crippen molar-refractivity contribution in [3.8, 4) is 0 Å². The lowest BCUT2D eigenvalue weighted by molar-refractivity contribution is 0.100. The molecule has 0 aliphatic heterocycles. The third kappa shape index (κ3) is 3.34. The Hall–Kier alpha value is -2.38. The fourth-order valence-corrected chi connectivity index (χ4v) is 2.13. The lowest BCUT2D eigenvalue weighted by atomic mass is 10.2. The fourth-order valence-electron chi connectivity index (χ4n) is 1.61. The molecule has 0 fully saturated rings. The molecule has 0 bridgehead atoms. The molecule has 20 heavy (non-hydrogen) atoms. The molecule has 0 aliphatic rings. The van der Waals surface area contributed by atoms with Crippen LogP contribution < -0.4 is 16.2 Å². The molecule has 0 saturated carbocycles. The molecule has 5 N–H and O–H groups in total. The van der Waals surface area contributed by atoms with Crippen LogP contribution in [0.3, 0.4) is 0 Å². The average Bonchev–Trinajstić information content (AvgIpc) is 2.39. The van der Waals surface area contributed by atoms with Gasteiger partial charge in [-0.25, -0.2) is 13.6 Å². The second-order valence-electron chi connectivity index (χ2n) is 4.14. The van der Waals surface area contributed by atoms with E-state index in [1.807, 2.05) is 0 Å². The summed E-state index contributed by atoms with van der Waals surface area (Å²) >= 11 is 0. The number of nitrogens with two attached hydrogens (primary N) is 2. The van der Waals surface area contributed by atoms with E-state index in [1.165, 1.54) is 12.1 Å². The van der Waals surface area contributed by atoms with Crippen molar-refractivity contribution in [1.82, 2.24) is 0 Å². The maximum absolute atomic E-state index is 11.1. The van der Waals surface area contributed by atoms with Crippen LogP contribution in [0.2, 0.25) is 0 Å². The van der Waals surface area contributed by atoms with E-state index in [0.717, 1.165) is 5.69 Å². The number of nitrogens with one attached hydrogen (secondary N) is 1. The summed E-state index contributed by atoms with van der Waals surface area (Å²) < 4.78 is 22.2. The van der Waals surface area contributed by atoms with Crippen molar-refractivity contribution in [3.63, 3.8) is 0 Å². The summed E-state index contributed by atoms with van der Waals surface area (Å²) in [6, 6.07) is 12.6. The van der Waals surface area contributed by atoms with Crippen LogP contribution in [0, 0.1) is 0 Å². The van der Waals surface area contributed by atoms with Crippen LogP contribution in [0.5, 0.6) is 0 Å². The van der Waals surface area contributed by atoms with Crippen molar-refractivity contribution in [2.75, 3.05) is 5.32 Å². The van der Waals surface area contributed by atoms with Crippen molar-refractivity contribution in [2.24, 2.45) is 10.9 Å². The van der Waals surface area contributed by atoms with Crippen LogP contribution in [0.25, 0.3) is 0 Å². The molecule has 0 unspecified atom stereocenters. The number of hydrogen-bond acceptors (Lipinski definition) is 4. The van der Waals surface area contributed by atoms with Crippen LogP contribution >= 0.6 is 0 Å². The Morgan fingerprint density at radius 1 is 0.900 bits per heavy atom. The fraction of sp³-hybridized carbons (Fsp3) is 0. The van der Waals surface area contributed by atoms with E-state index in [2.05, 4.69) is 5.32 Å². The van der Waals surface area contributed by atoms with Gasteiger partial charge < -0.3 is 11.1 Å². The maximum atomic E-state index is 11.1. The monoisotopic (exact) mass is 291 g/mol. The van der Waals surface area contributed by atoms with Crippen molar-refractivity contribution < 1.29 is 13.2 Å². The second-order valence-corrected chi connectivity index (χ2v) is 5.70. The molecule has 0 heterocycles. The number of sulfonamides is 1. The van der Waals surface area contributed by atoms with E-state index in [4.69, 9.17) is 10.9 Å². The summed E-state index contributed by atoms with van der Waals surface area (Å²) in [7, 11) is -3.69. The van der Waals surface area contributed by atoms with Gasteiger partial charge in [0.1, 0.15) is 0 Å². The minimum absolute atomic E-state index is 0.0483. The minimum atomic E-state index is -3.69. The number of primary sulfonamides is 1. The van der Waals surface area contributed by atoms with E-state index in [-0.39, 0.29) is 4.90 Å². The molecule has 2 aromatic rings. The Labute approximate surface area is 116 Å². The number of primary amides is 1. The molecule has 1 amide bonds. The molecule has 2 rings (SSSR count). The molecule has 0 saturated heterocycles. The van der Waals surface area contributed by atoms with E-state index < -0.39 is 15.9 Å². The van der Waals surface area contributed by atoms with Gasteiger partial charge in [-0.1, -0.05) is 0 Å². The summed E-state index contributed by atoms with van der Waals surface area (Å²) in [5.74, 6) is -0.492. The number of carbonyl (C=O) groups excluding carboxylic acids is 1. The smallest absolute Gasteiger partial charge is 0.248 e. The minimum Gasteiger partial charge on any atom is -0.366 e. The van der Waals surface area contributed by atoms with Crippen LogP contribution in [0.4, 0.5) is 11.4 Å². The number of benzene rings is 2. The third-order valence-electron chi connectivity index (χ3n) is 2.64. The summed E-state index contributed by atoms with van der Waals surface area (Å²) in [5.41, 5.74) is 7.01. The SMILES string of the molecule is NC(=O)c1ccc(Nc2ccc(S(N)(=O)=O)cc2)cc1. The molecular formula is C13H13N3O3S. The molecule has 104 valence electrons. The Morgan fingerprint density at radius 2 is 1.35 bits per heavy atom. The predicted molar refractivity (Wildman–Crippen MR) is 76.1 cm³/mol. The van der Waals surface area contributed by atoms with E-state index >= 15 is 0 Å². The van der Waals surface area contributed by atoms with Gasteiger partial charge >= 0.3 is 0 Å². The number of carbonyl (C=O) groups is 1. The Balaban J connectivity index is 2.16. The van der Waals surface area contributed by atoms with Gasteiger partial charge in [0.15, 0.2) is 0 Å². The van der Waals surface area contributed by atoms with Gasteiger partial charge in [0.25, 0.3) is 0 Å². The predicted octanol–water partition coefficient (Wildman–Crippen LogP) is 1.18. The normalized spacial score (nSPS) is 11.1. The molecule has 0 radical (unpaired) electrons. The summed E-state index contributed by atoms with van der Waals surface area (Å²) in [6.45, 7) is 0. The Kier molecular flexibility index (Phi) is 3.73. The van der Waals surface area contributed by atoms with Gasteiger partial charge in [-0.05, 0) is 48.5 Å². The van der Waals surface area contributed by atoms with Gasteiger partial charge in [0.2, 0.25) is 15.9 Å². The third-order valence-corrected chi connectivity index (χ3v) is 3.57. The zero-order valence-electron chi connectivity index (χ0n) is 10.4.